The number of aromatic nitrogens is 2. The third-order valence-corrected chi connectivity index (χ3v) is 3.25. The first kappa shape index (κ1) is 16.2. The Labute approximate surface area is 134 Å². The van der Waals surface area contributed by atoms with E-state index in [1.165, 1.54) is 21.8 Å². The fourth-order valence-corrected chi connectivity index (χ4v) is 2.08. The van der Waals surface area contributed by atoms with Crippen LogP contribution in [-0.4, -0.2) is 40.6 Å². The highest BCUT2D eigenvalue weighted by atomic mass is 16.2. The summed E-state index contributed by atoms with van der Waals surface area (Å²) in [6.07, 6.45) is 1.45. The molecule has 2 aromatic rings. The third-order valence-electron chi connectivity index (χ3n) is 3.25. The zero-order chi connectivity index (χ0) is 17.0. The highest BCUT2D eigenvalue weighted by molar-refractivity contribution is 6.08. The van der Waals surface area contributed by atoms with Crippen LogP contribution in [0.25, 0.3) is 0 Å². The number of benzene rings is 1. The first-order valence-corrected chi connectivity index (χ1v) is 7.07. The summed E-state index contributed by atoms with van der Waals surface area (Å²) in [6.45, 7) is 2.37. The number of hydrogen-bond acceptors (Lipinski definition) is 4. The molecule has 0 spiro atoms. The van der Waals surface area contributed by atoms with Gasteiger partial charge in [-0.15, -0.1) is 0 Å². The summed E-state index contributed by atoms with van der Waals surface area (Å²) in [6, 6.07) is 8.34. The molecule has 2 rings (SSSR count). The number of nitriles is 1. The lowest BCUT2D eigenvalue weighted by Crippen LogP contribution is -2.26. The van der Waals surface area contributed by atoms with Gasteiger partial charge < -0.3 is 10.2 Å². The molecule has 0 bridgehead atoms. The van der Waals surface area contributed by atoms with E-state index in [2.05, 4.69) is 10.4 Å². The molecule has 7 heteroatoms. The van der Waals surface area contributed by atoms with E-state index >= 15 is 0 Å². The zero-order valence-electron chi connectivity index (χ0n) is 13.2. The maximum Gasteiger partial charge on any atom is 0.273 e. The molecule has 0 unspecified atom stereocenters. The number of carbonyl (C=O) groups is 2. The molecule has 1 aromatic carbocycles. The molecule has 0 aliphatic rings. The fourth-order valence-electron chi connectivity index (χ4n) is 2.08. The minimum Gasteiger partial charge on any atom is -0.343 e. The van der Waals surface area contributed by atoms with Crippen LogP contribution >= 0.6 is 0 Å². The number of amides is 2. The Morgan fingerprint density at radius 1 is 1.39 bits per heavy atom. The van der Waals surface area contributed by atoms with Crippen molar-refractivity contribution in [2.45, 2.75) is 13.5 Å². The Morgan fingerprint density at radius 2 is 2.13 bits per heavy atom. The lowest BCUT2D eigenvalue weighted by molar-refractivity contribution is 0.0816. The maximum atomic E-state index is 12.3. The van der Waals surface area contributed by atoms with Crippen LogP contribution in [0.2, 0.25) is 0 Å². The van der Waals surface area contributed by atoms with Crippen LogP contribution in [0.15, 0.2) is 30.5 Å². The quantitative estimate of drug-likeness (QED) is 0.931. The van der Waals surface area contributed by atoms with Crippen molar-refractivity contribution in [1.29, 1.82) is 5.26 Å². The van der Waals surface area contributed by atoms with Crippen molar-refractivity contribution in [3.63, 3.8) is 0 Å². The van der Waals surface area contributed by atoms with Gasteiger partial charge in [-0.2, -0.15) is 10.4 Å². The number of anilines is 1. The van der Waals surface area contributed by atoms with E-state index in [0.29, 0.717) is 29.1 Å². The van der Waals surface area contributed by atoms with Gasteiger partial charge in [0.05, 0.1) is 23.5 Å². The molecule has 23 heavy (non-hydrogen) atoms. The Kier molecular flexibility index (Phi) is 4.76. The van der Waals surface area contributed by atoms with Crippen LogP contribution in [0.4, 0.5) is 5.69 Å². The molecule has 0 atom stereocenters. The minimum atomic E-state index is -0.398. The lowest BCUT2D eigenvalue weighted by atomic mass is 10.1. The summed E-state index contributed by atoms with van der Waals surface area (Å²) < 4.78 is 1.53. The average molecular weight is 311 g/mol. The summed E-state index contributed by atoms with van der Waals surface area (Å²) >= 11 is 0. The third kappa shape index (κ3) is 3.37. The van der Waals surface area contributed by atoms with Crippen molar-refractivity contribution in [2.24, 2.45) is 0 Å². The first-order chi connectivity index (χ1) is 11.0. The molecule has 0 aliphatic heterocycles. The van der Waals surface area contributed by atoms with Gasteiger partial charge in [-0.1, -0.05) is 6.07 Å². The van der Waals surface area contributed by atoms with E-state index in [9.17, 15) is 9.59 Å². The van der Waals surface area contributed by atoms with Gasteiger partial charge in [0.15, 0.2) is 0 Å². The van der Waals surface area contributed by atoms with Crippen molar-refractivity contribution in [3.05, 3.63) is 47.3 Å². The van der Waals surface area contributed by atoms with Gasteiger partial charge in [0, 0.05) is 26.2 Å². The predicted octanol–water partition coefficient (Wildman–Crippen LogP) is 1.73. The van der Waals surface area contributed by atoms with Crippen LogP contribution in [0.3, 0.4) is 0 Å². The summed E-state index contributed by atoms with van der Waals surface area (Å²) in [7, 11) is 3.27. The molecule has 118 valence electrons. The van der Waals surface area contributed by atoms with E-state index in [4.69, 9.17) is 5.26 Å². The van der Waals surface area contributed by atoms with E-state index in [-0.39, 0.29) is 5.91 Å². The summed E-state index contributed by atoms with van der Waals surface area (Å²) in [4.78, 5) is 26.1. The summed E-state index contributed by atoms with van der Waals surface area (Å²) in [5, 5.41) is 15.7. The Bertz CT molecular complexity index is 786. The molecular formula is C16H17N5O2. The smallest absolute Gasteiger partial charge is 0.273 e. The van der Waals surface area contributed by atoms with Gasteiger partial charge in [-0.05, 0) is 25.1 Å². The van der Waals surface area contributed by atoms with Crippen LogP contribution in [0, 0.1) is 11.3 Å². The van der Waals surface area contributed by atoms with Gasteiger partial charge in [0.2, 0.25) is 0 Å². The Balaban J connectivity index is 2.33. The Morgan fingerprint density at radius 3 is 2.74 bits per heavy atom. The van der Waals surface area contributed by atoms with Crippen LogP contribution in [0.5, 0.6) is 0 Å². The van der Waals surface area contributed by atoms with Gasteiger partial charge in [0.25, 0.3) is 11.8 Å². The number of nitrogens with one attached hydrogen (secondary N) is 1. The van der Waals surface area contributed by atoms with Crippen LogP contribution in [0.1, 0.15) is 33.3 Å². The minimum absolute atomic E-state index is 0.245. The molecule has 7 nitrogen and oxygen atoms in total. The van der Waals surface area contributed by atoms with Crippen molar-refractivity contribution in [3.8, 4) is 6.07 Å². The van der Waals surface area contributed by atoms with E-state index in [1.54, 1.807) is 32.3 Å². The van der Waals surface area contributed by atoms with Crippen molar-refractivity contribution < 1.29 is 9.59 Å². The van der Waals surface area contributed by atoms with E-state index in [1.807, 2.05) is 13.0 Å². The summed E-state index contributed by atoms with van der Waals surface area (Å²) in [5.41, 5.74) is 1.41. The monoisotopic (exact) mass is 311 g/mol. The largest absolute Gasteiger partial charge is 0.343 e. The number of nitrogens with zero attached hydrogens (tertiary/aromatic N) is 4. The highest BCUT2D eigenvalue weighted by Crippen LogP contribution is 2.18. The SMILES string of the molecule is CCn1ncc(NC(=O)c2cccc(C#N)c2)c1C(=O)N(C)C. The molecule has 1 heterocycles. The van der Waals surface area contributed by atoms with Gasteiger partial charge in [0.1, 0.15) is 5.69 Å². The molecule has 1 aromatic heterocycles. The molecule has 0 radical (unpaired) electrons. The summed E-state index contributed by atoms with van der Waals surface area (Å²) in [5.74, 6) is -0.643. The molecule has 2 amide bonds. The van der Waals surface area contributed by atoms with Gasteiger partial charge >= 0.3 is 0 Å². The average Bonchev–Trinajstić information content (AvgIpc) is 2.96. The molecule has 0 fully saturated rings. The number of carbonyl (C=O) groups excluding carboxylic acids is 2. The van der Waals surface area contributed by atoms with Crippen molar-refractivity contribution in [2.75, 3.05) is 19.4 Å². The van der Waals surface area contributed by atoms with E-state index in [0.717, 1.165) is 0 Å². The fraction of sp³-hybridized carbons (Fsp3) is 0.250. The van der Waals surface area contributed by atoms with Gasteiger partial charge in [-0.25, -0.2) is 0 Å². The normalized spacial score (nSPS) is 10.0. The van der Waals surface area contributed by atoms with Crippen molar-refractivity contribution in [1.82, 2.24) is 14.7 Å². The maximum absolute atomic E-state index is 12.3. The molecule has 0 aliphatic carbocycles. The number of hydrogen-bond donors (Lipinski definition) is 1. The molecular weight excluding hydrogens is 294 g/mol. The molecule has 0 saturated heterocycles. The first-order valence-electron chi connectivity index (χ1n) is 7.07. The number of rotatable bonds is 4. The predicted molar refractivity (Wildman–Crippen MR) is 85.0 cm³/mol. The standard InChI is InChI=1S/C16H17N5O2/c1-4-21-14(16(23)20(2)3)13(10-18-21)19-15(22)12-7-5-6-11(8-12)9-17/h5-8,10H,4H2,1-3H3,(H,19,22). The molecule has 1 N–H and O–H groups in total. The molecule has 0 saturated carbocycles. The lowest BCUT2D eigenvalue weighted by Gasteiger charge is -2.13. The highest BCUT2D eigenvalue weighted by Gasteiger charge is 2.21. The van der Waals surface area contributed by atoms with Crippen LogP contribution < -0.4 is 5.32 Å². The number of aryl methyl sites for hydroxylation is 1. The second-order valence-corrected chi connectivity index (χ2v) is 5.07. The Hall–Kier alpha value is -3.14. The second-order valence-electron chi connectivity index (χ2n) is 5.07. The van der Waals surface area contributed by atoms with Crippen LogP contribution in [-0.2, 0) is 6.54 Å². The topological polar surface area (TPSA) is 91.0 Å². The van der Waals surface area contributed by atoms with Gasteiger partial charge in [-0.3, -0.25) is 14.3 Å². The van der Waals surface area contributed by atoms with Crippen molar-refractivity contribution >= 4 is 17.5 Å². The zero-order valence-corrected chi connectivity index (χ0v) is 13.2. The van der Waals surface area contributed by atoms with E-state index < -0.39 is 5.91 Å². The second kappa shape index (κ2) is 6.75.